The van der Waals surface area contributed by atoms with Gasteiger partial charge in [0.2, 0.25) is 0 Å². The first-order valence-corrected chi connectivity index (χ1v) is 4.97. The molecule has 2 aromatic rings. The maximum absolute atomic E-state index is 6.16. The van der Waals surface area contributed by atoms with Crippen molar-refractivity contribution in [3.8, 4) is 5.69 Å². The fourth-order valence-corrected chi connectivity index (χ4v) is 2.14. The molecule has 0 spiro atoms. The van der Waals surface area contributed by atoms with E-state index in [1.54, 1.807) is 0 Å². The lowest BCUT2D eigenvalue weighted by molar-refractivity contribution is 0.855. The van der Waals surface area contributed by atoms with Crippen LogP contribution < -0.4 is 0 Å². The summed E-state index contributed by atoms with van der Waals surface area (Å²) < 4.78 is 1.95. The zero-order valence-corrected chi connectivity index (χ0v) is 8.54. The molecular weight excluding hydrogens is 196 g/mol. The Hall–Kier alpha value is -1.28. The number of halogens is 1. The largest absolute Gasteiger partial charge is 0.235 e. The number of fused-ring (bicyclic) bond motifs is 3. The van der Waals surface area contributed by atoms with Gasteiger partial charge in [0.15, 0.2) is 0 Å². The molecule has 0 N–H and O–H groups in total. The van der Waals surface area contributed by atoms with Crippen LogP contribution in [0, 0.1) is 6.92 Å². The van der Waals surface area contributed by atoms with Crippen LogP contribution in [0.15, 0.2) is 24.3 Å². The highest BCUT2D eigenvalue weighted by molar-refractivity contribution is 6.32. The zero-order valence-electron chi connectivity index (χ0n) is 7.79. The normalized spacial score (nSPS) is 12.7. The third-order valence-electron chi connectivity index (χ3n) is 2.65. The van der Waals surface area contributed by atoms with Crippen LogP contribution in [0.1, 0.15) is 17.0 Å². The fraction of sp³-hybridized carbons (Fsp3) is 0.182. The molecule has 14 heavy (non-hydrogen) atoms. The molecular formula is C11H9ClN2. The van der Waals surface area contributed by atoms with Gasteiger partial charge >= 0.3 is 0 Å². The van der Waals surface area contributed by atoms with E-state index in [0.717, 1.165) is 28.5 Å². The summed E-state index contributed by atoms with van der Waals surface area (Å²) in [5.74, 6) is 0. The Labute approximate surface area is 87.1 Å². The van der Waals surface area contributed by atoms with Crippen LogP contribution in [0.2, 0.25) is 5.02 Å². The van der Waals surface area contributed by atoms with Gasteiger partial charge < -0.3 is 0 Å². The standard InChI is InChI=1S/C11H9ClN2/c1-7-11(12)10-6-8-4-2-3-5-9(8)14(10)13-7/h2-5H,6H2,1H3. The van der Waals surface area contributed by atoms with Crippen LogP contribution in [-0.4, -0.2) is 9.78 Å². The van der Waals surface area contributed by atoms with Crippen molar-refractivity contribution in [1.29, 1.82) is 0 Å². The molecule has 0 fully saturated rings. The predicted molar refractivity (Wildman–Crippen MR) is 56.1 cm³/mol. The molecule has 1 aliphatic rings. The lowest BCUT2D eigenvalue weighted by Crippen LogP contribution is -1.93. The second kappa shape index (κ2) is 2.61. The Balaban J connectivity index is 2.31. The summed E-state index contributed by atoms with van der Waals surface area (Å²) in [4.78, 5) is 0. The van der Waals surface area contributed by atoms with Crippen molar-refractivity contribution in [1.82, 2.24) is 9.78 Å². The van der Waals surface area contributed by atoms with Crippen molar-refractivity contribution in [2.24, 2.45) is 0 Å². The van der Waals surface area contributed by atoms with E-state index in [1.165, 1.54) is 5.56 Å². The minimum absolute atomic E-state index is 0.807. The predicted octanol–water partition coefficient (Wildman–Crippen LogP) is 2.74. The molecule has 0 unspecified atom stereocenters. The molecule has 0 atom stereocenters. The first-order valence-electron chi connectivity index (χ1n) is 4.59. The van der Waals surface area contributed by atoms with Crippen LogP contribution in [-0.2, 0) is 6.42 Å². The van der Waals surface area contributed by atoms with Crippen molar-refractivity contribution in [2.75, 3.05) is 0 Å². The fourth-order valence-electron chi connectivity index (χ4n) is 1.96. The minimum atomic E-state index is 0.807. The quantitative estimate of drug-likeness (QED) is 0.551. The van der Waals surface area contributed by atoms with E-state index in [-0.39, 0.29) is 0 Å². The van der Waals surface area contributed by atoms with Crippen LogP contribution in [0.4, 0.5) is 0 Å². The molecule has 2 heterocycles. The van der Waals surface area contributed by atoms with Crippen molar-refractivity contribution < 1.29 is 0 Å². The second-order valence-electron chi connectivity index (χ2n) is 3.56. The number of benzene rings is 1. The van der Waals surface area contributed by atoms with E-state index < -0.39 is 0 Å². The van der Waals surface area contributed by atoms with Gasteiger partial charge in [0, 0.05) is 6.42 Å². The van der Waals surface area contributed by atoms with Gasteiger partial charge in [-0.25, -0.2) is 4.68 Å². The smallest absolute Gasteiger partial charge is 0.0855 e. The molecule has 0 radical (unpaired) electrons. The van der Waals surface area contributed by atoms with Gasteiger partial charge in [0.1, 0.15) is 0 Å². The molecule has 1 aromatic carbocycles. The number of hydrogen-bond acceptors (Lipinski definition) is 1. The van der Waals surface area contributed by atoms with Crippen molar-refractivity contribution >= 4 is 11.6 Å². The van der Waals surface area contributed by atoms with E-state index in [0.29, 0.717) is 0 Å². The first kappa shape index (κ1) is 8.06. The minimum Gasteiger partial charge on any atom is -0.235 e. The number of aromatic nitrogens is 2. The van der Waals surface area contributed by atoms with Crippen LogP contribution in [0.3, 0.4) is 0 Å². The summed E-state index contributed by atoms with van der Waals surface area (Å²) in [6.07, 6.45) is 0.899. The number of para-hydroxylation sites is 1. The highest BCUT2D eigenvalue weighted by Gasteiger charge is 2.23. The Morgan fingerprint density at radius 3 is 3.00 bits per heavy atom. The Morgan fingerprint density at radius 1 is 1.36 bits per heavy atom. The summed E-state index contributed by atoms with van der Waals surface area (Å²) in [7, 11) is 0. The molecule has 0 saturated heterocycles. The molecule has 70 valence electrons. The number of nitrogens with zero attached hydrogens (tertiary/aromatic N) is 2. The number of rotatable bonds is 0. The average Bonchev–Trinajstić information content (AvgIpc) is 2.67. The van der Waals surface area contributed by atoms with Crippen molar-refractivity contribution in [3.63, 3.8) is 0 Å². The summed E-state index contributed by atoms with van der Waals surface area (Å²) in [6, 6.07) is 8.27. The van der Waals surface area contributed by atoms with Crippen molar-refractivity contribution in [2.45, 2.75) is 13.3 Å². The lowest BCUT2D eigenvalue weighted by Gasteiger charge is -1.98. The summed E-state index contributed by atoms with van der Waals surface area (Å²) in [6.45, 7) is 1.94. The third kappa shape index (κ3) is 0.891. The van der Waals surface area contributed by atoms with E-state index in [2.05, 4.69) is 17.2 Å². The SMILES string of the molecule is Cc1nn2c(c1Cl)Cc1ccccc1-2. The summed E-state index contributed by atoms with van der Waals surface area (Å²) >= 11 is 6.16. The number of aryl methyl sites for hydroxylation is 1. The molecule has 2 nitrogen and oxygen atoms in total. The third-order valence-corrected chi connectivity index (χ3v) is 3.15. The van der Waals surface area contributed by atoms with E-state index >= 15 is 0 Å². The van der Waals surface area contributed by atoms with Gasteiger partial charge in [-0.3, -0.25) is 0 Å². The van der Waals surface area contributed by atoms with E-state index in [4.69, 9.17) is 11.6 Å². The summed E-state index contributed by atoms with van der Waals surface area (Å²) in [5, 5.41) is 5.22. The second-order valence-corrected chi connectivity index (χ2v) is 3.94. The topological polar surface area (TPSA) is 17.8 Å². The average molecular weight is 205 g/mol. The van der Waals surface area contributed by atoms with Gasteiger partial charge in [-0.1, -0.05) is 29.8 Å². The Morgan fingerprint density at radius 2 is 2.14 bits per heavy atom. The highest BCUT2D eigenvalue weighted by Crippen LogP contribution is 2.32. The van der Waals surface area contributed by atoms with Gasteiger partial charge in [-0.05, 0) is 18.6 Å². The molecule has 3 rings (SSSR count). The monoisotopic (exact) mass is 204 g/mol. The Bertz CT molecular complexity index is 514. The molecule has 0 amide bonds. The van der Waals surface area contributed by atoms with Crippen LogP contribution in [0.25, 0.3) is 5.69 Å². The van der Waals surface area contributed by atoms with Gasteiger partial charge in [-0.15, -0.1) is 0 Å². The van der Waals surface area contributed by atoms with Crippen LogP contribution in [0.5, 0.6) is 0 Å². The molecule has 3 heteroatoms. The van der Waals surface area contributed by atoms with Gasteiger partial charge in [-0.2, -0.15) is 5.10 Å². The maximum Gasteiger partial charge on any atom is 0.0855 e. The zero-order chi connectivity index (χ0) is 9.71. The van der Waals surface area contributed by atoms with Gasteiger partial charge in [0.25, 0.3) is 0 Å². The molecule has 1 aromatic heterocycles. The van der Waals surface area contributed by atoms with Gasteiger partial charge in [0.05, 0.1) is 22.1 Å². The molecule has 1 aliphatic heterocycles. The molecule has 0 bridgehead atoms. The Kier molecular flexibility index (Phi) is 1.50. The van der Waals surface area contributed by atoms with Crippen molar-refractivity contribution in [3.05, 3.63) is 46.2 Å². The molecule has 0 saturated carbocycles. The highest BCUT2D eigenvalue weighted by atomic mass is 35.5. The van der Waals surface area contributed by atoms with Crippen LogP contribution >= 0.6 is 11.6 Å². The first-order chi connectivity index (χ1) is 6.77. The van der Waals surface area contributed by atoms with E-state index in [9.17, 15) is 0 Å². The van der Waals surface area contributed by atoms with E-state index in [1.807, 2.05) is 23.7 Å². The molecule has 0 aliphatic carbocycles. The lowest BCUT2D eigenvalue weighted by atomic mass is 10.1. The number of hydrogen-bond donors (Lipinski definition) is 0. The summed E-state index contributed by atoms with van der Waals surface area (Å²) in [5.41, 5.74) is 4.50. The maximum atomic E-state index is 6.16.